The van der Waals surface area contributed by atoms with Gasteiger partial charge in [0, 0.05) is 31.7 Å². The van der Waals surface area contributed by atoms with Crippen molar-refractivity contribution in [2.24, 2.45) is 0 Å². The van der Waals surface area contributed by atoms with Crippen molar-refractivity contribution in [3.8, 4) is 0 Å². The van der Waals surface area contributed by atoms with Crippen LogP contribution in [0.4, 0.5) is 17.6 Å². The fraction of sp³-hybridized carbons (Fsp3) is 0.389. The Morgan fingerprint density at radius 2 is 1.89 bits per heavy atom. The number of hydrogen-bond acceptors (Lipinski definition) is 3. The molecular formula is C18H17F4N5O. The van der Waals surface area contributed by atoms with Gasteiger partial charge in [0.1, 0.15) is 11.5 Å². The molecule has 1 aliphatic heterocycles. The summed E-state index contributed by atoms with van der Waals surface area (Å²) in [5.41, 5.74) is 0.191. The van der Waals surface area contributed by atoms with E-state index in [2.05, 4.69) is 10.1 Å². The number of likely N-dealkylation sites (tertiary alicyclic amines) is 1. The summed E-state index contributed by atoms with van der Waals surface area (Å²) in [6.45, 7) is 0.874. The van der Waals surface area contributed by atoms with E-state index in [1.807, 2.05) is 0 Å². The second kappa shape index (κ2) is 6.92. The summed E-state index contributed by atoms with van der Waals surface area (Å²) < 4.78 is 54.2. The highest BCUT2D eigenvalue weighted by atomic mass is 19.4. The van der Waals surface area contributed by atoms with Gasteiger partial charge < -0.3 is 9.30 Å². The molecule has 0 saturated carbocycles. The van der Waals surface area contributed by atoms with E-state index >= 15 is 0 Å². The number of rotatable bonds is 3. The first-order chi connectivity index (χ1) is 13.3. The third-order valence-corrected chi connectivity index (χ3v) is 4.89. The lowest BCUT2D eigenvalue weighted by Gasteiger charge is -2.32. The fourth-order valence-electron chi connectivity index (χ4n) is 3.44. The van der Waals surface area contributed by atoms with Crippen LogP contribution >= 0.6 is 0 Å². The van der Waals surface area contributed by atoms with Crippen LogP contribution in [0.25, 0.3) is 5.65 Å². The normalized spacial score (nSPS) is 16.1. The number of pyridine rings is 1. The Bertz CT molecular complexity index is 1000. The lowest BCUT2D eigenvalue weighted by molar-refractivity contribution is -0.141. The van der Waals surface area contributed by atoms with E-state index in [4.69, 9.17) is 0 Å². The number of halogens is 4. The minimum absolute atomic E-state index is 0.0912. The summed E-state index contributed by atoms with van der Waals surface area (Å²) in [5, 5.41) is 3.62. The molecule has 0 atom stereocenters. The molecule has 1 amide bonds. The second-order valence-corrected chi connectivity index (χ2v) is 6.81. The summed E-state index contributed by atoms with van der Waals surface area (Å²) in [7, 11) is 0. The molecule has 0 bridgehead atoms. The van der Waals surface area contributed by atoms with E-state index in [0.29, 0.717) is 37.3 Å². The molecule has 28 heavy (non-hydrogen) atoms. The molecule has 3 aromatic heterocycles. The van der Waals surface area contributed by atoms with Gasteiger partial charge in [-0.05, 0) is 31.0 Å². The summed E-state index contributed by atoms with van der Waals surface area (Å²) in [6.07, 6.45) is 0.933. The van der Waals surface area contributed by atoms with Gasteiger partial charge >= 0.3 is 6.18 Å². The number of carbonyl (C=O) groups excluding carboxylic acids is 1. The molecule has 10 heteroatoms. The van der Waals surface area contributed by atoms with E-state index in [0.717, 1.165) is 6.07 Å². The number of alkyl halides is 3. The Morgan fingerprint density at radius 1 is 1.14 bits per heavy atom. The zero-order valence-electron chi connectivity index (χ0n) is 14.7. The van der Waals surface area contributed by atoms with Crippen molar-refractivity contribution < 1.29 is 22.4 Å². The van der Waals surface area contributed by atoms with Gasteiger partial charge in [-0.1, -0.05) is 0 Å². The van der Waals surface area contributed by atoms with Gasteiger partial charge in [-0.25, -0.2) is 9.37 Å². The van der Waals surface area contributed by atoms with E-state index in [1.54, 1.807) is 11.1 Å². The van der Waals surface area contributed by atoms with Crippen molar-refractivity contribution in [1.29, 1.82) is 0 Å². The highest BCUT2D eigenvalue weighted by Gasteiger charge is 2.34. The Hall–Kier alpha value is -2.91. The summed E-state index contributed by atoms with van der Waals surface area (Å²) in [4.78, 5) is 18.5. The van der Waals surface area contributed by atoms with Crippen molar-refractivity contribution in [3.63, 3.8) is 0 Å². The van der Waals surface area contributed by atoms with Crippen LogP contribution in [-0.4, -0.2) is 43.1 Å². The van der Waals surface area contributed by atoms with Gasteiger partial charge in [0.05, 0.1) is 18.2 Å². The number of nitrogens with zero attached hydrogens (tertiary/aromatic N) is 5. The van der Waals surface area contributed by atoms with Crippen LogP contribution in [-0.2, 0) is 17.4 Å². The zero-order valence-corrected chi connectivity index (χ0v) is 14.7. The Kier molecular flexibility index (Phi) is 4.56. The predicted molar refractivity (Wildman–Crippen MR) is 90.9 cm³/mol. The van der Waals surface area contributed by atoms with Crippen molar-refractivity contribution in [2.45, 2.75) is 31.5 Å². The summed E-state index contributed by atoms with van der Waals surface area (Å²) in [5.74, 6) is -0.504. The third kappa shape index (κ3) is 3.71. The van der Waals surface area contributed by atoms with Crippen LogP contribution in [0.1, 0.15) is 30.3 Å². The molecule has 0 aliphatic carbocycles. The van der Waals surface area contributed by atoms with Gasteiger partial charge in [0.25, 0.3) is 0 Å². The first-order valence-corrected chi connectivity index (χ1v) is 8.83. The van der Waals surface area contributed by atoms with Crippen LogP contribution in [0, 0.1) is 5.82 Å². The van der Waals surface area contributed by atoms with Crippen LogP contribution in [0.5, 0.6) is 0 Å². The Labute approximate surface area is 157 Å². The average molecular weight is 395 g/mol. The molecule has 3 aromatic rings. The SMILES string of the molecule is O=C(Cc1cn2cc(F)ccc2n1)N1CCC(n2ccc(C(F)(F)F)n2)CC1. The molecule has 148 valence electrons. The second-order valence-electron chi connectivity index (χ2n) is 6.81. The van der Waals surface area contributed by atoms with Crippen molar-refractivity contribution in [2.75, 3.05) is 13.1 Å². The molecule has 1 saturated heterocycles. The fourth-order valence-corrected chi connectivity index (χ4v) is 3.44. The molecule has 6 nitrogen and oxygen atoms in total. The maximum absolute atomic E-state index is 13.2. The van der Waals surface area contributed by atoms with Gasteiger partial charge in [0.2, 0.25) is 5.91 Å². The summed E-state index contributed by atoms with van der Waals surface area (Å²) >= 11 is 0. The zero-order chi connectivity index (χ0) is 19.9. The lowest BCUT2D eigenvalue weighted by Crippen LogP contribution is -2.40. The smallest absolute Gasteiger partial charge is 0.342 e. The average Bonchev–Trinajstić information content (AvgIpc) is 3.28. The Morgan fingerprint density at radius 3 is 2.57 bits per heavy atom. The molecule has 0 unspecified atom stereocenters. The van der Waals surface area contributed by atoms with Gasteiger partial charge in [-0.3, -0.25) is 9.48 Å². The number of amides is 1. The van der Waals surface area contributed by atoms with Crippen molar-refractivity contribution >= 4 is 11.6 Å². The number of imidazole rings is 1. The van der Waals surface area contributed by atoms with E-state index in [9.17, 15) is 22.4 Å². The van der Waals surface area contributed by atoms with Crippen molar-refractivity contribution in [3.05, 3.63) is 54.0 Å². The quantitative estimate of drug-likeness (QED) is 0.641. The molecule has 0 aromatic carbocycles. The number of carbonyl (C=O) groups is 1. The van der Waals surface area contributed by atoms with Gasteiger partial charge in [-0.15, -0.1) is 0 Å². The Balaban J connectivity index is 1.36. The van der Waals surface area contributed by atoms with E-state index < -0.39 is 17.7 Å². The van der Waals surface area contributed by atoms with E-state index in [-0.39, 0.29) is 18.4 Å². The third-order valence-electron chi connectivity index (χ3n) is 4.89. The number of hydrogen-bond donors (Lipinski definition) is 0. The minimum Gasteiger partial charge on any atom is -0.342 e. The minimum atomic E-state index is -4.46. The van der Waals surface area contributed by atoms with Gasteiger partial charge in [0.15, 0.2) is 5.69 Å². The number of piperidine rings is 1. The van der Waals surface area contributed by atoms with E-state index in [1.165, 1.54) is 33.6 Å². The molecule has 1 aliphatic rings. The maximum atomic E-state index is 13.2. The van der Waals surface area contributed by atoms with Crippen LogP contribution < -0.4 is 0 Å². The van der Waals surface area contributed by atoms with Crippen LogP contribution in [0.2, 0.25) is 0 Å². The molecule has 1 fully saturated rings. The highest BCUT2D eigenvalue weighted by Crippen LogP contribution is 2.29. The monoisotopic (exact) mass is 395 g/mol. The van der Waals surface area contributed by atoms with Gasteiger partial charge in [-0.2, -0.15) is 18.3 Å². The number of aromatic nitrogens is 4. The molecule has 0 spiro atoms. The standard InChI is InChI=1S/C18H17F4N5O/c19-12-1-2-16-23-13(11-26(16)10-12)9-17(28)25-6-3-14(4-7-25)27-8-5-15(24-27)18(20,21)22/h1-2,5,8,10-11,14H,3-4,6-7,9H2. The highest BCUT2D eigenvalue weighted by molar-refractivity contribution is 5.78. The molecule has 4 heterocycles. The first kappa shape index (κ1) is 18.5. The summed E-state index contributed by atoms with van der Waals surface area (Å²) in [6, 6.07) is 3.63. The topological polar surface area (TPSA) is 55.4 Å². The molecule has 0 radical (unpaired) electrons. The molecule has 4 rings (SSSR count). The predicted octanol–water partition coefficient (Wildman–Crippen LogP) is 3.09. The first-order valence-electron chi connectivity index (χ1n) is 8.83. The lowest BCUT2D eigenvalue weighted by atomic mass is 10.0. The maximum Gasteiger partial charge on any atom is 0.435 e. The van der Waals surface area contributed by atoms with Crippen LogP contribution in [0.15, 0.2) is 36.8 Å². The van der Waals surface area contributed by atoms with Crippen LogP contribution in [0.3, 0.4) is 0 Å². The number of fused-ring (bicyclic) bond motifs is 1. The largest absolute Gasteiger partial charge is 0.435 e. The molecular weight excluding hydrogens is 378 g/mol. The molecule has 0 N–H and O–H groups in total. The van der Waals surface area contributed by atoms with Crippen molar-refractivity contribution in [1.82, 2.24) is 24.1 Å².